The van der Waals surface area contributed by atoms with E-state index in [1.165, 1.54) is 17.6 Å². The Balaban J connectivity index is 2.29. The van der Waals surface area contributed by atoms with Gasteiger partial charge in [-0.3, -0.25) is 9.36 Å². The smallest absolute Gasteiger partial charge is 0.292 e. The molecule has 0 N–H and O–H groups in total. The van der Waals surface area contributed by atoms with Gasteiger partial charge in [-0.2, -0.15) is 30.2 Å². The molecule has 2 aromatic heterocycles. The van der Waals surface area contributed by atoms with Crippen molar-refractivity contribution in [3.63, 3.8) is 0 Å². The highest BCUT2D eigenvalue weighted by Crippen LogP contribution is 2.28. The van der Waals surface area contributed by atoms with Crippen LogP contribution in [-0.4, -0.2) is 13.5 Å². The van der Waals surface area contributed by atoms with Crippen molar-refractivity contribution in [2.75, 3.05) is 0 Å². The van der Waals surface area contributed by atoms with Gasteiger partial charge in [0.25, 0.3) is 5.56 Å². The fourth-order valence-electron chi connectivity index (χ4n) is 2.36. The molecule has 0 aliphatic rings. The molecule has 3 aromatic rings. The van der Waals surface area contributed by atoms with Crippen LogP contribution in [0.25, 0.3) is 15.8 Å². The van der Waals surface area contributed by atoms with E-state index >= 15 is 0 Å². The molecule has 10 heteroatoms. The lowest BCUT2D eigenvalue weighted by Crippen LogP contribution is -2.40. The standard InChI is InChI=1S/C14H10F3N3O2S2/c1-19-11(14(15,16)17)5-12(21)20(13(19)22)7-2-3-10-8(4-7)9(6-23)18-24-10/h2-5,23H,6H2,1H3. The van der Waals surface area contributed by atoms with Crippen LogP contribution in [0.2, 0.25) is 0 Å². The maximum Gasteiger partial charge on any atom is 0.431 e. The summed E-state index contributed by atoms with van der Waals surface area (Å²) in [5, 5.41) is 0.710. The molecule has 24 heavy (non-hydrogen) atoms. The van der Waals surface area contributed by atoms with E-state index in [-0.39, 0.29) is 5.69 Å². The van der Waals surface area contributed by atoms with E-state index in [4.69, 9.17) is 0 Å². The van der Waals surface area contributed by atoms with Crippen LogP contribution in [0.4, 0.5) is 13.2 Å². The Bertz CT molecular complexity index is 1050. The van der Waals surface area contributed by atoms with E-state index in [9.17, 15) is 22.8 Å². The fourth-order valence-corrected chi connectivity index (χ4v) is 3.48. The van der Waals surface area contributed by atoms with Gasteiger partial charge in [0.15, 0.2) is 0 Å². The van der Waals surface area contributed by atoms with Gasteiger partial charge in [-0.15, -0.1) is 0 Å². The second-order valence-corrected chi connectivity index (χ2v) is 6.13. The fraction of sp³-hybridized carbons (Fsp3) is 0.214. The Morgan fingerprint density at radius 2 is 1.96 bits per heavy atom. The van der Waals surface area contributed by atoms with Gasteiger partial charge in [0, 0.05) is 24.3 Å². The zero-order valence-corrected chi connectivity index (χ0v) is 13.9. The Morgan fingerprint density at radius 3 is 2.58 bits per heavy atom. The first-order valence-electron chi connectivity index (χ1n) is 6.64. The van der Waals surface area contributed by atoms with Crippen LogP contribution in [0.15, 0.2) is 33.9 Å². The molecular formula is C14H10F3N3O2S2. The first-order chi connectivity index (χ1) is 11.2. The molecule has 0 aliphatic heterocycles. The van der Waals surface area contributed by atoms with Gasteiger partial charge in [0.2, 0.25) is 0 Å². The monoisotopic (exact) mass is 373 g/mol. The molecule has 0 unspecified atom stereocenters. The van der Waals surface area contributed by atoms with Gasteiger partial charge < -0.3 is 0 Å². The molecule has 3 rings (SSSR count). The Hall–Kier alpha value is -2.07. The molecule has 0 fully saturated rings. The van der Waals surface area contributed by atoms with Gasteiger partial charge in [-0.1, -0.05) is 0 Å². The quantitative estimate of drug-likeness (QED) is 0.703. The second-order valence-electron chi connectivity index (χ2n) is 5.01. The second kappa shape index (κ2) is 5.78. The van der Waals surface area contributed by atoms with Crippen molar-refractivity contribution < 1.29 is 13.2 Å². The van der Waals surface area contributed by atoms with Crippen LogP contribution in [-0.2, 0) is 19.0 Å². The van der Waals surface area contributed by atoms with Crippen LogP contribution >= 0.6 is 24.2 Å². The van der Waals surface area contributed by atoms with Crippen molar-refractivity contribution in [3.8, 4) is 5.69 Å². The number of thiol groups is 1. The van der Waals surface area contributed by atoms with Crippen molar-refractivity contribution in [1.82, 2.24) is 13.5 Å². The third-order valence-electron chi connectivity index (χ3n) is 3.55. The predicted octanol–water partition coefficient (Wildman–Crippen LogP) is 2.59. The van der Waals surface area contributed by atoms with Gasteiger partial charge in [-0.25, -0.2) is 9.36 Å². The zero-order chi connectivity index (χ0) is 17.6. The molecule has 2 heterocycles. The summed E-state index contributed by atoms with van der Waals surface area (Å²) in [5.74, 6) is 0.364. The van der Waals surface area contributed by atoms with E-state index in [0.29, 0.717) is 32.0 Å². The minimum Gasteiger partial charge on any atom is -0.292 e. The van der Waals surface area contributed by atoms with E-state index in [2.05, 4.69) is 17.0 Å². The van der Waals surface area contributed by atoms with Crippen molar-refractivity contribution in [2.24, 2.45) is 7.05 Å². The van der Waals surface area contributed by atoms with Gasteiger partial charge >= 0.3 is 11.9 Å². The number of hydrogen-bond donors (Lipinski definition) is 1. The summed E-state index contributed by atoms with van der Waals surface area (Å²) in [4.78, 5) is 24.4. The van der Waals surface area contributed by atoms with Crippen molar-refractivity contribution in [1.29, 1.82) is 0 Å². The molecule has 5 nitrogen and oxygen atoms in total. The summed E-state index contributed by atoms with van der Waals surface area (Å²) in [6.07, 6.45) is -4.79. The molecule has 1 aromatic carbocycles. The lowest BCUT2D eigenvalue weighted by molar-refractivity contribution is -0.144. The number of alkyl halides is 3. The number of aromatic nitrogens is 3. The first kappa shape index (κ1) is 16.8. The minimum atomic E-state index is -4.79. The summed E-state index contributed by atoms with van der Waals surface area (Å²) in [7, 11) is 0.977. The van der Waals surface area contributed by atoms with Crippen LogP contribution in [0.3, 0.4) is 0 Å². The van der Waals surface area contributed by atoms with Crippen LogP contribution < -0.4 is 11.2 Å². The molecule has 0 bridgehead atoms. The lowest BCUT2D eigenvalue weighted by Gasteiger charge is -2.14. The average molecular weight is 373 g/mol. The molecule has 0 aliphatic carbocycles. The van der Waals surface area contributed by atoms with Gasteiger partial charge in [0.1, 0.15) is 5.69 Å². The van der Waals surface area contributed by atoms with Gasteiger partial charge in [-0.05, 0) is 29.7 Å². The Morgan fingerprint density at radius 1 is 1.25 bits per heavy atom. The summed E-state index contributed by atoms with van der Waals surface area (Å²) in [6.45, 7) is 0. The average Bonchev–Trinajstić information content (AvgIpc) is 2.92. The third kappa shape index (κ3) is 2.65. The van der Waals surface area contributed by atoms with E-state index in [1.807, 2.05) is 0 Å². The number of nitrogens with zero attached hydrogens (tertiary/aromatic N) is 3. The molecule has 0 radical (unpaired) electrons. The van der Waals surface area contributed by atoms with Crippen LogP contribution in [0.1, 0.15) is 11.4 Å². The molecule has 0 saturated heterocycles. The highest BCUT2D eigenvalue weighted by molar-refractivity contribution is 7.79. The first-order valence-corrected chi connectivity index (χ1v) is 8.04. The van der Waals surface area contributed by atoms with Crippen molar-refractivity contribution in [2.45, 2.75) is 11.9 Å². The summed E-state index contributed by atoms with van der Waals surface area (Å²) < 4.78 is 44.8. The Labute approximate surface area is 142 Å². The molecule has 0 atom stereocenters. The third-order valence-corrected chi connectivity index (χ3v) is 4.71. The SMILES string of the molecule is Cn1c(C(F)(F)F)cc(=O)n(-c2ccc3snc(CS)c3c2)c1=O. The van der Waals surface area contributed by atoms with E-state index in [1.54, 1.807) is 12.1 Å². The summed E-state index contributed by atoms with van der Waals surface area (Å²) in [5.41, 5.74) is -2.53. The van der Waals surface area contributed by atoms with Crippen molar-refractivity contribution >= 4 is 34.2 Å². The number of hydrogen-bond acceptors (Lipinski definition) is 5. The zero-order valence-electron chi connectivity index (χ0n) is 12.2. The van der Waals surface area contributed by atoms with E-state index < -0.39 is 23.1 Å². The predicted molar refractivity (Wildman–Crippen MR) is 88.2 cm³/mol. The molecule has 0 saturated carbocycles. The highest BCUT2D eigenvalue weighted by Gasteiger charge is 2.35. The number of benzene rings is 1. The molecule has 0 spiro atoms. The number of rotatable bonds is 2. The largest absolute Gasteiger partial charge is 0.431 e. The Kier molecular flexibility index (Phi) is 4.04. The normalized spacial score (nSPS) is 12.0. The molecule has 126 valence electrons. The van der Waals surface area contributed by atoms with Gasteiger partial charge in [0.05, 0.1) is 16.1 Å². The summed E-state index contributed by atoms with van der Waals surface area (Å²) >= 11 is 5.40. The molecule has 0 amide bonds. The van der Waals surface area contributed by atoms with Crippen LogP contribution in [0.5, 0.6) is 0 Å². The lowest BCUT2D eigenvalue weighted by atomic mass is 10.2. The summed E-state index contributed by atoms with van der Waals surface area (Å²) in [6, 6.07) is 5.13. The molecular weight excluding hydrogens is 363 g/mol. The van der Waals surface area contributed by atoms with E-state index in [0.717, 1.165) is 11.7 Å². The number of fused-ring (bicyclic) bond motifs is 1. The topological polar surface area (TPSA) is 56.9 Å². The minimum absolute atomic E-state index is 0.185. The maximum absolute atomic E-state index is 12.9. The number of halogens is 3. The van der Waals surface area contributed by atoms with Crippen LogP contribution in [0, 0.1) is 0 Å². The highest BCUT2D eigenvalue weighted by atomic mass is 32.1. The van der Waals surface area contributed by atoms with Crippen molar-refractivity contribution in [3.05, 3.63) is 56.5 Å². The maximum atomic E-state index is 12.9.